The molecule has 0 saturated heterocycles. The summed E-state index contributed by atoms with van der Waals surface area (Å²) in [7, 11) is 0. The molecule has 1 aromatic carbocycles. The van der Waals surface area contributed by atoms with Gasteiger partial charge in [-0.05, 0) is 50.5 Å². The van der Waals surface area contributed by atoms with Crippen LogP contribution in [0.5, 0.6) is 0 Å². The number of carbonyl (C=O) groups excluding carboxylic acids is 1. The Bertz CT molecular complexity index is 425. The Morgan fingerprint density at radius 3 is 2.39 bits per heavy atom. The van der Waals surface area contributed by atoms with E-state index in [4.69, 9.17) is 5.84 Å². The standard InChI is InChI=1S/C14H23N3O/c1-5-14(4,6-2)16-13(18)11-7-8-12(17-15)10(3)9-11/h7-9,17H,5-6,15H2,1-4H3,(H,16,18). The van der Waals surface area contributed by atoms with E-state index >= 15 is 0 Å². The summed E-state index contributed by atoms with van der Waals surface area (Å²) >= 11 is 0. The van der Waals surface area contributed by atoms with Crippen molar-refractivity contribution in [2.45, 2.75) is 46.1 Å². The number of amides is 1. The number of nitrogens with two attached hydrogens (primary N) is 1. The number of anilines is 1. The van der Waals surface area contributed by atoms with Crippen LogP contribution >= 0.6 is 0 Å². The van der Waals surface area contributed by atoms with E-state index in [-0.39, 0.29) is 11.4 Å². The van der Waals surface area contributed by atoms with Gasteiger partial charge in [0.2, 0.25) is 0 Å². The van der Waals surface area contributed by atoms with Crippen LogP contribution in [0.4, 0.5) is 5.69 Å². The zero-order valence-electron chi connectivity index (χ0n) is 11.6. The zero-order valence-corrected chi connectivity index (χ0v) is 11.6. The van der Waals surface area contributed by atoms with Gasteiger partial charge < -0.3 is 10.7 Å². The third-order valence-corrected chi connectivity index (χ3v) is 3.62. The monoisotopic (exact) mass is 249 g/mol. The largest absolute Gasteiger partial charge is 0.347 e. The maximum absolute atomic E-state index is 12.2. The van der Waals surface area contributed by atoms with Crippen molar-refractivity contribution in [1.29, 1.82) is 0 Å². The first-order chi connectivity index (χ1) is 8.45. The molecular formula is C14H23N3O. The smallest absolute Gasteiger partial charge is 0.251 e. The summed E-state index contributed by atoms with van der Waals surface area (Å²) in [6.45, 7) is 8.14. The lowest BCUT2D eigenvalue weighted by Crippen LogP contribution is -2.44. The van der Waals surface area contributed by atoms with Gasteiger partial charge in [-0.1, -0.05) is 13.8 Å². The van der Waals surface area contributed by atoms with Gasteiger partial charge in [-0.25, -0.2) is 0 Å². The molecule has 0 aliphatic carbocycles. The molecule has 0 bridgehead atoms. The number of hydrogen-bond donors (Lipinski definition) is 3. The molecule has 100 valence electrons. The molecule has 0 atom stereocenters. The van der Waals surface area contributed by atoms with Crippen molar-refractivity contribution in [2.75, 3.05) is 5.43 Å². The normalized spacial score (nSPS) is 11.2. The van der Waals surface area contributed by atoms with Gasteiger partial charge in [-0.15, -0.1) is 0 Å². The van der Waals surface area contributed by atoms with Gasteiger partial charge in [-0.3, -0.25) is 10.6 Å². The molecule has 0 aliphatic rings. The second-order valence-corrected chi connectivity index (χ2v) is 4.90. The maximum Gasteiger partial charge on any atom is 0.251 e. The third kappa shape index (κ3) is 3.23. The van der Waals surface area contributed by atoms with Crippen molar-refractivity contribution in [3.8, 4) is 0 Å². The molecular weight excluding hydrogens is 226 g/mol. The van der Waals surface area contributed by atoms with Gasteiger partial charge in [0.15, 0.2) is 0 Å². The Morgan fingerprint density at radius 1 is 1.33 bits per heavy atom. The van der Waals surface area contributed by atoms with Crippen molar-refractivity contribution in [1.82, 2.24) is 5.32 Å². The number of hydrogen-bond acceptors (Lipinski definition) is 3. The van der Waals surface area contributed by atoms with Crippen LogP contribution in [0.2, 0.25) is 0 Å². The second-order valence-electron chi connectivity index (χ2n) is 4.90. The van der Waals surface area contributed by atoms with Crippen LogP contribution in [0.25, 0.3) is 0 Å². The molecule has 1 rings (SSSR count). The highest BCUT2D eigenvalue weighted by molar-refractivity contribution is 5.95. The first kappa shape index (κ1) is 14.5. The molecule has 0 radical (unpaired) electrons. The molecule has 0 heterocycles. The van der Waals surface area contributed by atoms with E-state index in [0.29, 0.717) is 5.56 Å². The number of rotatable bonds is 5. The lowest BCUT2D eigenvalue weighted by atomic mass is 9.95. The fourth-order valence-corrected chi connectivity index (χ4v) is 1.74. The number of benzene rings is 1. The molecule has 0 unspecified atom stereocenters. The van der Waals surface area contributed by atoms with E-state index in [2.05, 4.69) is 31.5 Å². The summed E-state index contributed by atoms with van der Waals surface area (Å²) in [5.74, 6) is 5.34. The summed E-state index contributed by atoms with van der Waals surface area (Å²) in [6.07, 6.45) is 1.83. The van der Waals surface area contributed by atoms with Crippen LogP contribution in [0.3, 0.4) is 0 Å². The topological polar surface area (TPSA) is 67.2 Å². The summed E-state index contributed by atoms with van der Waals surface area (Å²) in [5.41, 5.74) is 4.92. The van der Waals surface area contributed by atoms with Crippen LogP contribution < -0.4 is 16.6 Å². The lowest BCUT2D eigenvalue weighted by Gasteiger charge is -2.28. The Morgan fingerprint density at radius 2 is 1.94 bits per heavy atom. The maximum atomic E-state index is 12.2. The van der Waals surface area contributed by atoms with E-state index in [1.807, 2.05) is 19.1 Å². The van der Waals surface area contributed by atoms with Crippen LogP contribution in [-0.4, -0.2) is 11.4 Å². The quantitative estimate of drug-likeness (QED) is 0.555. The molecule has 4 nitrogen and oxygen atoms in total. The van der Waals surface area contributed by atoms with E-state index in [9.17, 15) is 4.79 Å². The average molecular weight is 249 g/mol. The Labute approximate surface area is 109 Å². The van der Waals surface area contributed by atoms with E-state index < -0.39 is 0 Å². The lowest BCUT2D eigenvalue weighted by molar-refractivity contribution is 0.0901. The summed E-state index contributed by atoms with van der Waals surface area (Å²) in [6, 6.07) is 5.44. The minimum absolute atomic E-state index is 0.0344. The van der Waals surface area contributed by atoms with Crippen molar-refractivity contribution >= 4 is 11.6 Å². The number of hydrazine groups is 1. The second kappa shape index (κ2) is 5.87. The molecule has 0 saturated carbocycles. The first-order valence-electron chi connectivity index (χ1n) is 6.35. The molecule has 1 amide bonds. The van der Waals surface area contributed by atoms with Gasteiger partial charge in [0, 0.05) is 11.1 Å². The minimum Gasteiger partial charge on any atom is -0.347 e. The number of carbonyl (C=O) groups is 1. The van der Waals surface area contributed by atoms with Gasteiger partial charge >= 0.3 is 0 Å². The highest BCUT2D eigenvalue weighted by Gasteiger charge is 2.22. The van der Waals surface area contributed by atoms with Gasteiger partial charge in [0.1, 0.15) is 0 Å². The summed E-state index contributed by atoms with van der Waals surface area (Å²) in [4.78, 5) is 12.2. The fourth-order valence-electron chi connectivity index (χ4n) is 1.74. The number of nitrogen functional groups attached to an aromatic ring is 1. The van der Waals surface area contributed by atoms with E-state index in [0.717, 1.165) is 24.1 Å². The van der Waals surface area contributed by atoms with Crippen molar-refractivity contribution in [2.24, 2.45) is 5.84 Å². The average Bonchev–Trinajstić information content (AvgIpc) is 2.38. The van der Waals surface area contributed by atoms with Crippen LogP contribution in [0.15, 0.2) is 18.2 Å². The number of nitrogens with one attached hydrogen (secondary N) is 2. The van der Waals surface area contributed by atoms with Crippen LogP contribution in [0, 0.1) is 6.92 Å². The van der Waals surface area contributed by atoms with E-state index in [1.165, 1.54) is 0 Å². The molecule has 0 spiro atoms. The summed E-state index contributed by atoms with van der Waals surface area (Å²) in [5, 5.41) is 3.08. The van der Waals surface area contributed by atoms with Gasteiger partial charge in [-0.2, -0.15) is 0 Å². The summed E-state index contributed by atoms with van der Waals surface area (Å²) < 4.78 is 0. The third-order valence-electron chi connectivity index (χ3n) is 3.62. The minimum atomic E-state index is -0.143. The molecule has 0 fully saturated rings. The molecule has 0 aliphatic heterocycles. The molecule has 1 aromatic rings. The van der Waals surface area contributed by atoms with Crippen molar-refractivity contribution in [3.05, 3.63) is 29.3 Å². The molecule has 4 N–H and O–H groups in total. The predicted octanol–water partition coefficient (Wildman–Crippen LogP) is 2.59. The molecule has 18 heavy (non-hydrogen) atoms. The highest BCUT2D eigenvalue weighted by Crippen LogP contribution is 2.18. The van der Waals surface area contributed by atoms with Gasteiger partial charge in [0.05, 0.1) is 5.69 Å². The molecule has 0 aromatic heterocycles. The van der Waals surface area contributed by atoms with Crippen molar-refractivity contribution < 1.29 is 4.79 Å². The van der Waals surface area contributed by atoms with Crippen molar-refractivity contribution in [3.63, 3.8) is 0 Å². The SMILES string of the molecule is CCC(C)(CC)NC(=O)c1ccc(NN)c(C)c1. The Balaban J connectivity index is 2.88. The van der Waals surface area contributed by atoms with Gasteiger partial charge in [0.25, 0.3) is 5.91 Å². The van der Waals surface area contributed by atoms with E-state index in [1.54, 1.807) is 6.07 Å². The zero-order chi connectivity index (χ0) is 13.8. The Hall–Kier alpha value is -1.55. The van der Waals surface area contributed by atoms with Crippen LogP contribution in [0.1, 0.15) is 49.5 Å². The molecule has 4 heteroatoms. The highest BCUT2D eigenvalue weighted by atomic mass is 16.1. The number of aryl methyl sites for hydroxylation is 1. The fraction of sp³-hybridized carbons (Fsp3) is 0.500. The predicted molar refractivity (Wildman–Crippen MR) is 75.4 cm³/mol. The van der Waals surface area contributed by atoms with Crippen LogP contribution in [-0.2, 0) is 0 Å². The first-order valence-corrected chi connectivity index (χ1v) is 6.35. The Kier molecular flexibility index (Phi) is 4.73.